The molecule has 1 aromatic carbocycles. The Kier molecular flexibility index (Phi) is 6.18. The quantitative estimate of drug-likeness (QED) is 0.375. The number of hydrogen-bond donors (Lipinski definition) is 1. The van der Waals surface area contributed by atoms with Gasteiger partial charge in [-0.1, -0.05) is 30.7 Å². The topological polar surface area (TPSA) is 63.4 Å². The van der Waals surface area contributed by atoms with Gasteiger partial charge in [-0.3, -0.25) is 10.1 Å². The van der Waals surface area contributed by atoms with Crippen LogP contribution in [0.3, 0.4) is 0 Å². The second-order valence-electron chi connectivity index (χ2n) is 3.69. The normalized spacial score (nSPS) is 12.8. The van der Waals surface area contributed by atoms with Gasteiger partial charge in [0.2, 0.25) is 0 Å². The van der Waals surface area contributed by atoms with Crippen LogP contribution in [0.4, 0.5) is 5.69 Å². The summed E-state index contributed by atoms with van der Waals surface area (Å²) in [6.07, 6.45) is 4.39. The van der Waals surface area contributed by atoms with Crippen LogP contribution >= 0.6 is 23.4 Å². The molecule has 1 aromatic rings. The summed E-state index contributed by atoms with van der Waals surface area (Å²) in [5.41, 5.74) is -0.00261. The van der Waals surface area contributed by atoms with Crippen LogP contribution < -0.4 is 0 Å². The highest BCUT2D eigenvalue weighted by atomic mass is 35.5. The van der Waals surface area contributed by atoms with E-state index in [2.05, 4.69) is 0 Å². The number of non-ortho nitro benzene ring substituents is 1. The minimum Gasteiger partial charge on any atom is -0.392 e. The lowest BCUT2D eigenvalue weighted by Gasteiger charge is -2.09. The molecule has 1 unspecified atom stereocenters. The van der Waals surface area contributed by atoms with Crippen LogP contribution in [-0.2, 0) is 0 Å². The maximum Gasteiger partial charge on any atom is 0.270 e. The summed E-state index contributed by atoms with van der Waals surface area (Å²) in [4.78, 5) is 10.9. The van der Waals surface area contributed by atoms with Crippen molar-refractivity contribution < 1.29 is 10.0 Å². The van der Waals surface area contributed by atoms with Gasteiger partial charge in [0.05, 0.1) is 16.6 Å². The lowest BCUT2D eigenvalue weighted by molar-refractivity contribution is -0.384. The van der Waals surface area contributed by atoms with Gasteiger partial charge in [-0.2, -0.15) is 0 Å². The number of nitrogens with zero attached hydrogens (tertiary/aromatic N) is 1. The monoisotopic (exact) mass is 287 g/mol. The number of thioether (sulfide) groups is 1. The molecule has 0 amide bonds. The number of halogens is 1. The predicted molar refractivity (Wildman–Crippen MR) is 74.3 cm³/mol. The van der Waals surface area contributed by atoms with E-state index >= 15 is 0 Å². The molecule has 0 aromatic heterocycles. The van der Waals surface area contributed by atoms with Crippen molar-refractivity contribution in [1.29, 1.82) is 0 Å². The lowest BCUT2D eigenvalue weighted by atomic mass is 10.3. The SMILES string of the molecule is CC(C/C=C/CO)Sc1ccc([N+](=O)[O-])cc1Cl. The van der Waals surface area contributed by atoms with Crippen molar-refractivity contribution in [2.75, 3.05) is 6.61 Å². The van der Waals surface area contributed by atoms with Crippen LogP contribution in [0.2, 0.25) is 5.02 Å². The van der Waals surface area contributed by atoms with Gasteiger partial charge in [-0.05, 0) is 12.5 Å². The molecule has 0 spiro atoms. The Morgan fingerprint density at radius 1 is 1.56 bits per heavy atom. The zero-order valence-electron chi connectivity index (χ0n) is 9.88. The summed E-state index contributed by atoms with van der Waals surface area (Å²) in [5, 5.41) is 19.9. The van der Waals surface area contributed by atoms with Gasteiger partial charge in [-0.15, -0.1) is 11.8 Å². The molecular weight excluding hydrogens is 274 g/mol. The Labute approximate surface area is 115 Å². The molecule has 0 saturated heterocycles. The highest BCUT2D eigenvalue weighted by Gasteiger charge is 2.11. The number of aliphatic hydroxyl groups is 1. The van der Waals surface area contributed by atoms with E-state index in [1.54, 1.807) is 23.9 Å². The first-order valence-electron chi connectivity index (χ1n) is 5.41. The molecule has 1 N–H and O–H groups in total. The Bertz CT molecular complexity index is 451. The van der Waals surface area contributed by atoms with Crippen molar-refractivity contribution in [3.8, 4) is 0 Å². The van der Waals surface area contributed by atoms with Crippen molar-refractivity contribution in [2.24, 2.45) is 0 Å². The highest BCUT2D eigenvalue weighted by molar-refractivity contribution is 8.00. The third kappa shape index (κ3) is 4.68. The molecule has 0 aliphatic heterocycles. The fourth-order valence-electron chi connectivity index (χ4n) is 1.33. The van der Waals surface area contributed by atoms with Gasteiger partial charge in [-0.25, -0.2) is 0 Å². The summed E-state index contributed by atoms with van der Waals surface area (Å²) < 4.78 is 0. The van der Waals surface area contributed by atoms with Gasteiger partial charge >= 0.3 is 0 Å². The second kappa shape index (κ2) is 7.41. The summed E-state index contributed by atoms with van der Waals surface area (Å²) in [5.74, 6) is 0. The summed E-state index contributed by atoms with van der Waals surface area (Å²) in [6, 6.07) is 4.47. The standard InChI is InChI=1S/C12H14ClNO3S/c1-9(4-2-3-7-15)18-12-6-5-10(14(16)17)8-11(12)13/h2-3,5-6,8-9,15H,4,7H2,1H3/b3-2+. The number of rotatable bonds is 6. The fraction of sp³-hybridized carbons (Fsp3) is 0.333. The Morgan fingerprint density at radius 2 is 2.28 bits per heavy atom. The van der Waals surface area contributed by atoms with Gasteiger partial charge < -0.3 is 5.11 Å². The summed E-state index contributed by atoms with van der Waals surface area (Å²) in [6.45, 7) is 2.07. The van der Waals surface area contributed by atoms with E-state index in [9.17, 15) is 10.1 Å². The molecule has 0 radical (unpaired) electrons. The molecule has 0 aliphatic carbocycles. The smallest absolute Gasteiger partial charge is 0.270 e. The largest absolute Gasteiger partial charge is 0.392 e. The van der Waals surface area contributed by atoms with Gasteiger partial charge in [0.15, 0.2) is 0 Å². The van der Waals surface area contributed by atoms with Crippen LogP contribution in [0.1, 0.15) is 13.3 Å². The number of hydrogen-bond acceptors (Lipinski definition) is 4. The molecule has 1 atom stereocenters. The Morgan fingerprint density at radius 3 is 2.83 bits per heavy atom. The molecule has 0 bridgehead atoms. The summed E-state index contributed by atoms with van der Waals surface area (Å²) >= 11 is 7.55. The van der Waals surface area contributed by atoms with Crippen molar-refractivity contribution in [1.82, 2.24) is 0 Å². The average Bonchev–Trinajstić information content (AvgIpc) is 2.32. The molecule has 6 heteroatoms. The average molecular weight is 288 g/mol. The molecule has 98 valence electrons. The van der Waals surface area contributed by atoms with Crippen LogP contribution in [0.5, 0.6) is 0 Å². The van der Waals surface area contributed by atoms with E-state index in [0.717, 1.165) is 11.3 Å². The van der Waals surface area contributed by atoms with E-state index in [-0.39, 0.29) is 17.5 Å². The fourth-order valence-corrected chi connectivity index (χ4v) is 2.59. The zero-order chi connectivity index (χ0) is 13.5. The third-order valence-corrected chi connectivity index (χ3v) is 3.82. The van der Waals surface area contributed by atoms with E-state index in [4.69, 9.17) is 16.7 Å². The van der Waals surface area contributed by atoms with Crippen LogP contribution in [0, 0.1) is 10.1 Å². The Balaban J connectivity index is 2.67. The van der Waals surface area contributed by atoms with Crippen molar-refractivity contribution in [3.05, 3.63) is 45.5 Å². The number of aliphatic hydroxyl groups excluding tert-OH is 1. The minimum absolute atomic E-state index is 0.00261. The number of benzene rings is 1. The van der Waals surface area contributed by atoms with E-state index in [0.29, 0.717) is 5.02 Å². The molecule has 4 nitrogen and oxygen atoms in total. The van der Waals surface area contributed by atoms with Crippen molar-refractivity contribution >= 4 is 29.1 Å². The van der Waals surface area contributed by atoms with Gasteiger partial charge in [0.1, 0.15) is 0 Å². The second-order valence-corrected chi connectivity index (χ2v) is 5.58. The number of allylic oxidation sites excluding steroid dienone is 1. The lowest BCUT2D eigenvalue weighted by Crippen LogP contribution is -1.94. The van der Waals surface area contributed by atoms with Crippen LogP contribution in [-0.4, -0.2) is 21.9 Å². The molecule has 0 fully saturated rings. The Hall–Kier alpha value is -1.04. The summed E-state index contributed by atoms with van der Waals surface area (Å²) in [7, 11) is 0. The van der Waals surface area contributed by atoms with E-state index in [1.165, 1.54) is 12.1 Å². The van der Waals surface area contributed by atoms with Crippen molar-refractivity contribution in [3.63, 3.8) is 0 Å². The van der Waals surface area contributed by atoms with Crippen LogP contribution in [0.15, 0.2) is 35.2 Å². The van der Waals surface area contributed by atoms with Gasteiger partial charge in [0, 0.05) is 22.3 Å². The number of nitro benzene ring substituents is 1. The maximum atomic E-state index is 10.6. The molecule has 0 heterocycles. The van der Waals surface area contributed by atoms with Crippen molar-refractivity contribution in [2.45, 2.75) is 23.5 Å². The minimum atomic E-state index is -0.465. The highest BCUT2D eigenvalue weighted by Crippen LogP contribution is 2.33. The zero-order valence-corrected chi connectivity index (χ0v) is 11.4. The molecular formula is C12H14ClNO3S. The van der Waals surface area contributed by atoms with Crippen LogP contribution in [0.25, 0.3) is 0 Å². The maximum absolute atomic E-state index is 10.6. The molecule has 1 rings (SSSR count). The predicted octanol–water partition coefficient (Wildman–Crippen LogP) is 3.67. The molecule has 0 aliphatic rings. The first kappa shape index (κ1) is 15.0. The molecule has 0 saturated carbocycles. The molecule has 18 heavy (non-hydrogen) atoms. The number of nitro groups is 1. The van der Waals surface area contributed by atoms with E-state index < -0.39 is 4.92 Å². The first-order valence-corrected chi connectivity index (χ1v) is 6.66. The van der Waals surface area contributed by atoms with E-state index in [1.807, 2.05) is 13.0 Å². The third-order valence-electron chi connectivity index (χ3n) is 2.19. The van der Waals surface area contributed by atoms with Gasteiger partial charge in [0.25, 0.3) is 5.69 Å². The first-order chi connectivity index (χ1) is 8.54.